The molecule has 0 fully saturated rings. The monoisotopic (exact) mass is 335 g/mol. The summed E-state index contributed by atoms with van der Waals surface area (Å²) in [5.41, 5.74) is 17.2. The Hall–Kier alpha value is -3.04. The van der Waals surface area contributed by atoms with Crippen LogP contribution in [-0.2, 0) is 6.42 Å². The standard InChI is InChI=1S/C19H21N5O/c1-11-4-5-16(25-3)12(2)18(11)24-15-10-23-9-13(6-7-20)17(15)14(8-21)19(24)22/h4-5,9-10H,6-7,20,22H2,1-3H3. The lowest BCUT2D eigenvalue weighted by Crippen LogP contribution is -2.06. The number of hydrogen-bond donors (Lipinski definition) is 2. The third-order valence-corrected chi connectivity index (χ3v) is 4.54. The molecule has 0 aliphatic heterocycles. The largest absolute Gasteiger partial charge is 0.496 e. The molecule has 2 aromatic heterocycles. The molecule has 3 aromatic rings. The summed E-state index contributed by atoms with van der Waals surface area (Å²) >= 11 is 0. The number of anilines is 1. The van der Waals surface area contributed by atoms with Crippen molar-refractivity contribution in [3.05, 3.63) is 46.8 Å². The molecule has 0 saturated heterocycles. The van der Waals surface area contributed by atoms with E-state index in [1.807, 2.05) is 30.5 Å². The minimum Gasteiger partial charge on any atom is -0.496 e. The molecule has 0 bridgehead atoms. The van der Waals surface area contributed by atoms with E-state index in [4.69, 9.17) is 16.2 Å². The van der Waals surface area contributed by atoms with Gasteiger partial charge in [-0.05, 0) is 44.0 Å². The van der Waals surface area contributed by atoms with Gasteiger partial charge < -0.3 is 16.2 Å². The second-order valence-corrected chi connectivity index (χ2v) is 6.00. The van der Waals surface area contributed by atoms with Crippen molar-refractivity contribution in [2.75, 3.05) is 19.4 Å². The van der Waals surface area contributed by atoms with Crippen LogP contribution in [0.2, 0.25) is 0 Å². The normalized spacial score (nSPS) is 10.8. The van der Waals surface area contributed by atoms with Crippen molar-refractivity contribution < 1.29 is 4.74 Å². The minimum atomic E-state index is 0.406. The second-order valence-electron chi connectivity index (χ2n) is 6.00. The first-order valence-corrected chi connectivity index (χ1v) is 8.06. The van der Waals surface area contributed by atoms with E-state index in [9.17, 15) is 5.26 Å². The first-order chi connectivity index (χ1) is 12.0. The maximum Gasteiger partial charge on any atom is 0.127 e. The van der Waals surface area contributed by atoms with Crippen LogP contribution in [0.1, 0.15) is 22.3 Å². The van der Waals surface area contributed by atoms with Gasteiger partial charge >= 0.3 is 0 Å². The second kappa shape index (κ2) is 6.46. The van der Waals surface area contributed by atoms with E-state index >= 15 is 0 Å². The predicted octanol–water partition coefficient (Wildman–Crippen LogP) is 2.61. The van der Waals surface area contributed by atoms with Crippen molar-refractivity contribution in [2.45, 2.75) is 20.3 Å². The van der Waals surface area contributed by atoms with Crippen LogP contribution in [0.5, 0.6) is 5.75 Å². The first kappa shape index (κ1) is 16.8. The van der Waals surface area contributed by atoms with Crippen molar-refractivity contribution >= 4 is 16.7 Å². The highest BCUT2D eigenvalue weighted by Crippen LogP contribution is 2.37. The summed E-state index contributed by atoms with van der Waals surface area (Å²) in [5, 5.41) is 10.5. The third-order valence-electron chi connectivity index (χ3n) is 4.54. The van der Waals surface area contributed by atoms with Crippen LogP contribution in [-0.4, -0.2) is 23.2 Å². The van der Waals surface area contributed by atoms with E-state index in [2.05, 4.69) is 11.1 Å². The number of nitriles is 1. The van der Waals surface area contributed by atoms with Gasteiger partial charge in [0, 0.05) is 17.1 Å². The number of pyridine rings is 1. The summed E-state index contributed by atoms with van der Waals surface area (Å²) in [6.45, 7) is 4.47. The Labute approximate surface area is 146 Å². The van der Waals surface area contributed by atoms with Crippen LogP contribution in [0.15, 0.2) is 24.5 Å². The lowest BCUT2D eigenvalue weighted by molar-refractivity contribution is 0.411. The summed E-state index contributed by atoms with van der Waals surface area (Å²) in [7, 11) is 1.64. The number of rotatable bonds is 4. The lowest BCUT2D eigenvalue weighted by Gasteiger charge is -2.17. The van der Waals surface area contributed by atoms with Crippen molar-refractivity contribution in [2.24, 2.45) is 5.73 Å². The van der Waals surface area contributed by atoms with Gasteiger partial charge in [0.15, 0.2) is 0 Å². The molecule has 0 aliphatic rings. The molecule has 0 unspecified atom stereocenters. The zero-order valence-electron chi connectivity index (χ0n) is 14.6. The maximum atomic E-state index is 9.69. The molecule has 0 radical (unpaired) electrons. The summed E-state index contributed by atoms with van der Waals surface area (Å²) in [6.07, 6.45) is 4.13. The Morgan fingerprint density at radius 3 is 2.68 bits per heavy atom. The van der Waals surface area contributed by atoms with Crippen LogP contribution in [0, 0.1) is 25.2 Å². The first-order valence-electron chi connectivity index (χ1n) is 8.06. The average Bonchev–Trinajstić information content (AvgIpc) is 2.88. The Kier molecular flexibility index (Phi) is 4.34. The van der Waals surface area contributed by atoms with Crippen molar-refractivity contribution in [3.8, 4) is 17.5 Å². The zero-order chi connectivity index (χ0) is 18.1. The van der Waals surface area contributed by atoms with E-state index in [1.54, 1.807) is 19.5 Å². The summed E-state index contributed by atoms with van der Waals surface area (Å²) in [6, 6.07) is 6.16. The number of nitrogens with zero attached hydrogens (tertiary/aromatic N) is 3. The molecule has 1 aromatic carbocycles. The molecule has 0 amide bonds. The number of ether oxygens (including phenoxy) is 1. The highest BCUT2D eigenvalue weighted by atomic mass is 16.5. The number of fused-ring (bicyclic) bond motifs is 1. The molecule has 0 aliphatic carbocycles. The predicted molar refractivity (Wildman–Crippen MR) is 99.0 cm³/mol. The van der Waals surface area contributed by atoms with Gasteiger partial charge in [0.25, 0.3) is 0 Å². The van der Waals surface area contributed by atoms with Gasteiger partial charge in [-0.1, -0.05) is 6.07 Å². The van der Waals surface area contributed by atoms with Gasteiger partial charge in [0.2, 0.25) is 0 Å². The van der Waals surface area contributed by atoms with Gasteiger partial charge in [0.1, 0.15) is 23.2 Å². The fourth-order valence-electron chi connectivity index (χ4n) is 3.40. The number of nitrogens with two attached hydrogens (primary N) is 2. The Morgan fingerprint density at radius 1 is 1.28 bits per heavy atom. The summed E-state index contributed by atoms with van der Waals surface area (Å²) in [4.78, 5) is 4.34. The van der Waals surface area contributed by atoms with E-state index in [0.717, 1.165) is 39.0 Å². The number of nitrogen functional groups attached to an aromatic ring is 1. The smallest absolute Gasteiger partial charge is 0.127 e. The molecule has 6 heteroatoms. The lowest BCUT2D eigenvalue weighted by atomic mass is 10.1. The van der Waals surface area contributed by atoms with Crippen LogP contribution in [0.25, 0.3) is 16.6 Å². The van der Waals surface area contributed by atoms with Gasteiger partial charge in [-0.3, -0.25) is 9.55 Å². The quantitative estimate of drug-likeness (QED) is 0.763. The van der Waals surface area contributed by atoms with E-state index in [-0.39, 0.29) is 0 Å². The topological polar surface area (TPSA) is 103 Å². The molecule has 6 nitrogen and oxygen atoms in total. The van der Waals surface area contributed by atoms with Crippen LogP contribution >= 0.6 is 0 Å². The Morgan fingerprint density at radius 2 is 2.04 bits per heavy atom. The van der Waals surface area contributed by atoms with E-state index < -0.39 is 0 Å². The minimum absolute atomic E-state index is 0.406. The summed E-state index contributed by atoms with van der Waals surface area (Å²) in [5.74, 6) is 1.18. The van der Waals surface area contributed by atoms with Crippen LogP contribution in [0.4, 0.5) is 5.82 Å². The molecule has 2 heterocycles. The number of methoxy groups -OCH3 is 1. The molecule has 0 saturated carbocycles. The van der Waals surface area contributed by atoms with Gasteiger partial charge in [0.05, 0.1) is 24.5 Å². The fourth-order valence-corrected chi connectivity index (χ4v) is 3.40. The van der Waals surface area contributed by atoms with Gasteiger partial charge in [-0.15, -0.1) is 0 Å². The average molecular weight is 335 g/mol. The number of hydrogen-bond acceptors (Lipinski definition) is 5. The van der Waals surface area contributed by atoms with E-state index in [0.29, 0.717) is 24.3 Å². The van der Waals surface area contributed by atoms with E-state index in [1.165, 1.54) is 0 Å². The molecule has 0 spiro atoms. The number of aryl methyl sites for hydroxylation is 1. The SMILES string of the molecule is COc1ccc(C)c(-n2c(N)c(C#N)c3c(CCN)cncc32)c1C. The third kappa shape index (κ3) is 2.49. The van der Waals surface area contributed by atoms with Gasteiger partial charge in [-0.2, -0.15) is 5.26 Å². The Balaban J connectivity index is 2.46. The number of aromatic nitrogens is 2. The maximum absolute atomic E-state index is 9.69. The number of benzene rings is 1. The Bertz CT molecular complexity index is 997. The van der Waals surface area contributed by atoms with Gasteiger partial charge in [-0.25, -0.2) is 0 Å². The molecule has 3 rings (SSSR count). The van der Waals surface area contributed by atoms with Crippen molar-refractivity contribution in [1.82, 2.24) is 9.55 Å². The molecular weight excluding hydrogens is 314 g/mol. The molecular formula is C19H21N5O. The van der Waals surface area contributed by atoms with Crippen molar-refractivity contribution in [3.63, 3.8) is 0 Å². The molecule has 128 valence electrons. The zero-order valence-corrected chi connectivity index (χ0v) is 14.6. The molecule has 4 N–H and O–H groups in total. The van der Waals surface area contributed by atoms with Crippen LogP contribution in [0.3, 0.4) is 0 Å². The van der Waals surface area contributed by atoms with Crippen LogP contribution < -0.4 is 16.2 Å². The molecule has 25 heavy (non-hydrogen) atoms. The fraction of sp³-hybridized carbons (Fsp3) is 0.263. The highest BCUT2D eigenvalue weighted by Gasteiger charge is 2.22. The summed E-state index contributed by atoms with van der Waals surface area (Å²) < 4.78 is 7.36. The highest BCUT2D eigenvalue weighted by molar-refractivity contribution is 5.96. The molecule has 0 atom stereocenters. The van der Waals surface area contributed by atoms with Crippen molar-refractivity contribution in [1.29, 1.82) is 5.26 Å².